The molecule has 60 valence electrons. The number of hydrogen-bond acceptors (Lipinski definition) is 1. The Bertz CT molecular complexity index is 86.7. The van der Waals surface area contributed by atoms with Gasteiger partial charge in [0.05, 0.1) is 0 Å². The maximum atomic E-state index is 3.14. The highest BCUT2D eigenvalue weighted by atomic mass is 14.8. The van der Waals surface area contributed by atoms with E-state index in [9.17, 15) is 0 Å². The average molecular weight is 141 g/mol. The van der Waals surface area contributed by atoms with E-state index in [-0.39, 0.29) is 0 Å². The zero-order chi connectivity index (χ0) is 7.82. The normalized spacial score (nSPS) is 14.3. The fourth-order valence-electron chi connectivity index (χ4n) is 0.837. The monoisotopic (exact) mass is 141 g/mol. The summed E-state index contributed by atoms with van der Waals surface area (Å²) in [4.78, 5) is 0. The first kappa shape index (κ1) is 9.70. The molecule has 0 bridgehead atoms. The lowest BCUT2D eigenvalue weighted by Gasteiger charge is -2.03. The van der Waals surface area contributed by atoms with Gasteiger partial charge in [-0.15, -0.1) is 0 Å². The van der Waals surface area contributed by atoms with E-state index in [2.05, 4.69) is 31.3 Å². The van der Waals surface area contributed by atoms with Crippen LogP contribution in [0.2, 0.25) is 0 Å². The van der Waals surface area contributed by atoms with Crippen molar-refractivity contribution in [1.29, 1.82) is 0 Å². The van der Waals surface area contributed by atoms with Crippen LogP contribution in [-0.4, -0.2) is 13.6 Å². The molecule has 0 aromatic heterocycles. The third kappa shape index (κ3) is 5.83. The van der Waals surface area contributed by atoms with Gasteiger partial charge in [0, 0.05) is 0 Å². The second-order valence-corrected chi connectivity index (χ2v) is 2.71. The van der Waals surface area contributed by atoms with Crippen molar-refractivity contribution in [3.8, 4) is 0 Å². The molecule has 0 heterocycles. The molecule has 1 atom stereocenters. The fourth-order valence-corrected chi connectivity index (χ4v) is 0.837. The molecule has 0 aliphatic carbocycles. The second kappa shape index (κ2) is 6.81. The molecule has 0 aromatic rings. The van der Waals surface area contributed by atoms with Crippen LogP contribution in [0.3, 0.4) is 0 Å². The maximum absolute atomic E-state index is 3.14. The summed E-state index contributed by atoms with van der Waals surface area (Å²) in [5.74, 6) is 0.729. The van der Waals surface area contributed by atoms with Crippen molar-refractivity contribution >= 4 is 0 Å². The molecule has 1 nitrogen and oxygen atoms in total. The standard InChI is InChI=1S/C9H19N/c1-4-5-6-9(2)7-8-10-3/h5-6,9-10H,4,7-8H2,1-3H3. The van der Waals surface area contributed by atoms with E-state index in [1.165, 1.54) is 6.42 Å². The second-order valence-electron chi connectivity index (χ2n) is 2.71. The predicted octanol–water partition coefficient (Wildman–Crippen LogP) is 2.20. The van der Waals surface area contributed by atoms with Gasteiger partial charge in [-0.1, -0.05) is 26.0 Å². The van der Waals surface area contributed by atoms with Gasteiger partial charge in [0.15, 0.2) is 0 Å². The van der Waals surface area contributed by atoms with Crippen molar-refractivity contribution in [2.45, 2.75) is 26.7 Å². The minimum Gasteiger partial charge on any atom is -0.320 e. The molecule has 0 amide bonds. The number of allylic oxidation sites excluding steroid dienone is 2. The van der Waals surface area contributed by atoms with Crippen molar-refractivity contribution in [2.75, 3.05) is 13.6 Å². The number of nitrogens with one attached hydrogen (secondary N) is 1. The number of hydrogen-bond donors (Lipinski definition) is 1. The van der Waals surface area contributed by atoms with Crippen LogP contribution in [-0.2, 0) is 0 Å². The zero-order valence-electron chi connectivity index (χ0n) is 7.35. The Morgan fingerprint density at radius 3 is 2.70 bits per heavy atom. The largest absolute Gasteiger partial charge is 0.320 e. The summed E-state index contributed by atoms with van der Waals surface area (Å²) in [5.41, 5.74) is 0. The lowest BCUT2D eigenvalue weighted by Crippen LogP contribution is -2.10. The Kier molecular flexibility index (Phi) is 6.61. The van der Waals surface area contributed by atoms with Crippen LogP contribution < -0.4 is 5.32 Å². The molecule has 10 heavy (non-hydrogen) atoms. The quantitative estimate of drug-likeness (QED) is 0.579. The molecule has 0 aliphatic heterocycles. The van der Waals surface area contributed by atoms with E-state index in [1.807, 2.05) is 7.05 Å². The lowest BCUT2D eigenvalue weighted by molar-refractivity contribution is 0.610. The third-order valence-corrected chi connectivity index (χ3v) is 1.55. The molecule has 0 spiro atoms. The first-order chi connectivity index (χ1) is 4.81. The van der Waals surface area contributed by atoms with Crippen LogP contribution in [0, 0.1) is 5.92 Å². The molecule has 0 radical (unpaired) electrons. The van der Waals surface area contributed by atoms with E-state index in [4.69, 9.17) is 0 Å². The molecule has 0 fully saturated rings. The van der Waals surface area contributed by atoms with Crippen LogP contribution in [0.25, 0.3) is 0 Å². The first-order valence-electron chi connectivity index (χ1n) is 4.12. The highest BCUT2D eigenvalue weighted by Crippen LogP contribution is 2.02. The van der Waals surface area contributed by atoms with E-state index < -0.39 is 0 Å². The Morgan fingerprint density at radius 1 is 1.50 bits per heavy atom. The topological polar surface area (TPSA) is 12.0 Å². The molecular weight excluding hydrogens is 122 g/mol. The van der Waals surface area contributed by atoms with Gasteiger partial charge in [-0.05, 0) is 32.4 Å². The van der Waals surface area contributed by atoms with Crippen molar-refractivity contribution in [3.05, 3.63) is 12.2 Å². The highest BCUT2D eigenvalue weighted by molar-refractivity contribution is 4.85. The van der Waals surface area contributed by atoms with Crippen molar-refractivity contribution in [1.82, 2.24) is 5.32 Å². The minimum absolute atomic E-state index is 0.729. The van der Waals surface area contributed by atoms with E-state index in [0.717, 1.165) is 18.9 Å². The van der Waals surface area contributed by atoms with Gasteiger partial charge in [0.25, 0.3) is 0 Å². The molecule has 1 heteroatoms. The van der Waals surface area contributed by atoms with Gasteiger partial charge in [-0.3, -0.25) is 0 Å². The summed E-state index contributed by atoms with van der Waals surface area (Å²) in [7, 11) is 2.00. The maximum Gasteiger partial charge on any atom is -0.00464 e. The van der Waals surface area contributed by atoms with Crippen LogP contribution in [0.1, 0.15) is 26.7 Å². The van der Waals surface area contributed by atoms with Gasteiger partial charge in [-0.2, -0.15) is 0 Å². The molecule has 0 rings (SSSR count). The zero-order valence-corrected chi connectivity index (χ0v) is 7.35. The minimum atomic E-state index is 0.729. The molecule has 0 aliphatic rings. The van der Waals surface area contributed by atoms with Crippen molar-refractivity contribution in [3.63, 3.8) is 0 Å². The first-order valence-corrected chi connectivity index (χ1v) is 4.12. The SMILES string of the molecule is CCC=CC(C)CCNC. The Hall–Kier alpha value is -0.300. The Balaban J connectivity index is 3.24. The summed E-state index contributed by atoms with van der Waals surface area (Å²) in [5, 5.41) is 3.14. The fraction of sp³-hybridized carbons (Fsp3) is 0.778. The van der Waals surface area contributed by atoms with Gasteiger partial charge in [0.2, 0.25) is 0 Å². The molecule has 1 unspecified atom stereocenters. The molecule has 0 aromatic carbocycles. The van der Waals surface area contributed by atoms with Crippen LogP contribution in [0.5, 0.6) is 0 Å². The van der Waals surface area contributed by atoms with E-state index >= 15 is 0 Å². The molecular formula is C9H19N. The molecule has 1 N–H and O–H groups in total. The smallest absolute Gasteiger partial charge is 0.00464 e. The Morgan fingerprint density at radius 2 is 2.20 bits per heavy atom. The predicted molar refractivity (Wildman–Crippen MR) is 47.1 cm³/mol. The van der Waals surface area contributed by atoms with E-state index in [0.29, 0.717) is 0 Å². The summed E-state index contributed by atoms with van der Waals surface area (Å²) in [6.07, 6.45) is 6.93. The van der Waals surface area contributed by atoms with Gasteiger partial charge < -0.3 is 5.32 Å². The Labute approximate surface area is 64.5 Å². The van der Waals surface area contributed by atoms with Crippen LogP contribution in [0.15, 0.2) is 12.2 Å². The summed E-state index contributed by atoms with van der Waals surface area (Å²) < 4.78 is 0. The summed E-state index contributed by atoms with van der Waals surface area (Å²) >= 11 is 0. The molecule has 0 saturated carbocycles. The average Bonchev–Trinajstić information content (AvgIpc) is 1.97. The summed E-state index contributed by atoms with van der Waals surface area (Å²) in [6.45, 7) is 5.54. The van der Waals surface area contributed by atoms with Crippen LogP contribution in [0.4, 0.5) is 0 Å². The van der Waals surface area contributed by atoms with Gasteiger partial charge >= 0.3 is 0 Å². The number of rotatable bonds is 5. The highest BCUT2D eigenvalue weighted by Gasteiger charge is 1.92. The lowest BCUT2D eigenvalue weighted by atomic mass is 10.1. The molecule has 0 saturated heterocycles. The van der Waals surface area contributed by atoms with Gasteiger partial charge in [-0.25, -0.2) is 0 Å². The van der Waals surface area contributed by atoms with Crippen molar-refractivity contribution < 1.29 is 0 Å². The third-order valence-electron chi connectivity index (χ3n) is 1.55. The van der Waals surface area contributed by atoms with Crippen LogP contribution >= 0.6 is 0 Å². The summed E-state index contributed by atoms with van der Waals surface area (Å²) in [6, 6.07) is 0. The van der Waals surface area contributed by atoms with Crippen molar-refractivity contribution in [2.24, 2.45) is 5.92 Å². The van der Waals surface area contributed by atoms with Gasteiger partial charge in [0.1, 0.15) is 0 Å². The van der Waals surface area contributed by atoms with E-state index in [1.54, 1.807) is 0 Å².